The molecule has 0 aliphatic rings. The number of aryl methyl sites for hydroxylation is 1. The van der Waals surface area contributed by atoms with Gasteiger partial charge in [0, 0.05) is 24.4 Å². The number of hydrogen-bond acceptors (Lipinski definition) is 3. The Morgan fingerprint density at radius 2 is 2.06 bits per heavy atom. The average Bonchev–Trinajstić information content (AvgIpc) is 2.19. The Labute approximate surface area is 97.8 Å². The van der Waals surface area contributed by atoms with Gasteiger partial charge in [-0.1, -0.05) is 27.7 Å². The van der Waals surface area contributed by atoms with Crippen LogP contribution in [0.4, 0.5) is 5.69 Å². The molecule has 88 valence electrons. The molecule has 0 spiro atoms. The van der Waals surface area contributed by atoms with Crippen molar-refractivity contribution in [3.8, 4) is 0 Å². The molecular weight excluding hydrogens is 198 g/mol. The van der Waals surface area contributed by atoms with E-state index in [2.05, 4.69) is 43.7 Å². The van der Waals surface area contributed by atoms with E-state index >= 15 is 0 Å². The first-order valence-electron chi connectivity index (χ1n) is 5.62. The zero-order chi connectivity index (χ0) is 12.3. The third kappa shape index (κ3) is 2.60. The zero-order valence-electron chi connectivity index (χ0n) is 10.8. The molecule has 16 heavy (non-hydrogen) atoms. The normalized spacial score (nSPS) is 12.3. The number of nitrogen functional groups attached to an aromatic ring is 1. The van der Waals surface area contributed by atoms with Gasteiger partial charge in [-0.05, 0) is 18.1 Å². The van der Waals surface area contributed by atoms with Gasteiger partial charge in [0.1, 0.15) is 5.69 Å². The van der Waals surface area contributed by atoms with Gasteiger partial charge < -0.3 is 5.73 Å². The van der Waals surface area contributed by atoms with Gasteiger partial charge in [-0.3, -0.25) is 4.99 Å². The summed E-state index contributed by atoms with van der Waals surface area (Å²) in [5.74, 6) is 0. The Kier molecular flexibility index (Phi) is 3.68. The molecule has 1 rings (SSSR count). The quantitative estimate of drug-likeness (QED) is 0.777. The largest absolute Gasteiger partial charge is 0.397 e. The van der Waals surface area contributed by atoms with E-state index in [-0.39, 0.29) is 5.41 Å². The van der Waals surface area contributed by atoms with Crippen LogP contribution in [0, 0.1) is 0 Å². The standard InChI is InChI=1S/C13H21N3/c1-6-9-7-11(13(2,3)4)16-10(8-15-5)12(9)14/h7-8H,6,14H2,1-5H3. The SMILES string of the molecule is CCc1cc(C(C)(C)C)nc(C=NC)c1N. The lowest BCUT2D eigenvalue weighted by Crippen LogP contribution is -2.16. The summed E-state index contributed by atoms with van der Waals surface area (Å²) in [6.45, 7) is 8.55. The first-order chi connectivity index (χ1) is 7.40. The minimum Gasteiger partial charge on any atom is -0.397 e. The van der Waals surface area contributed by atoms with E-state index in [1.165, 1.54) is 0 Å². The van der Waals surface area contributed by atoms with Crippen molar-refractivity contribution in [1.82, 2.24) is 4.98 Å². The molecule has 0 amide bonds. The molecule has 0 aliphatic carbocycles. The maximum absolute atomic E-state index is 6.04. The van der Waals surface area contributed by atoms with Gasteiger partial charge >= 0.3 is 0 Å². The van der Waals surface area contributed by atoms with Gasteiger partial charge in [-0.25, -0.2) is 4.98 Å². The molecule has 3 heteroatoms. The van der Waals surface area contributed by atoms with E-state index in [1.807, 2.05) is 0 Å². The number of nitrogens with two attached hydrogens (primary N) is 1. The fourth-order valence-corrected chi connectivity index (χ4v) is 1.53. The molecule has 0 fully saturated rings. The van der Waals surface area contributed by atoms with Gasteiger partial charge in [0.05, 0.1) is 5.69 Å². The first kappa shape index (κ1) is 12.7. The monoisotopic (exact) mass is 219 g/mol. The van der Waals surface area contributed by atoms with Crippen molar-refractivity contribution >= 4 is 11.9 Å². The third-order valence-corrected chi connectivity index (χ3v) is 2.57. The second kappa shape index (κ2) is 4.64. The van der Waals surface area contributed by atoms with Crippen LogP contribution < -0.4 is 5.73 Å². The van der Waals surface area contributed by atoms with Crippen LogP contribution >= 0.6 is 0 Å². The predicted octanol–water partition coefficient (Wildman–Crippen LogP) is 2.57. The van der Waals surface area contributed by atoms with Gasteiger partial charge in [-0.2, -0.15) is 0 Å². The molecule has 0 saturated heterocycles. The van der Waals surface area contributed by atoms with Crippen LogP contribution in [-0.4, -0.2) is 18.2 Å². The number of anilines is 1. The highest BCUT2D eigenvalue weighted by atomic mass is 14.8. The molecule has 0 bridgehead atoms. The maximum Gasteiger partial charge on any atom is 0.104 e. The van der Waals surface area contributed by atoms with Crippen LogP contribution in [0.15, 0.2) is 11.1 Å². The fourth-order valence-electron chi connectivity index (χ4n) is 1.53. The van der Waals surface area contributed by atoms with Gasteiger partial charge in [0.25, 0.3) is 0 Å². The number of pyridine rings is 1. The van der Waals surface area contributed by atoms with Crippen molar-refractivity contribution in [2.45, 2.75) is 39.5 Å². The van der Waals surface area contributed by atoms with Crippen LogP contribution in [0.5, 0.6) is 0 Å². The summed E-state index contributed by atoms with van der Waals surface area (Å²) in [6.07, 6.45) is 2.64. The lowest BCUT2D eigenvalue weighted by molar-refractivity contribution is 0.568. The topological polar surface area (TPSA) is 51.3 Å². The Bertz CT molecular complexity index is 400. The summed E-state index contributed by atoms with van der Waals surface area (Å²) in [5, 5.41) is 0. The fraction of sp³-hybridized carbons (Fsp3) is 0.538. The molecule has 1 aromatic heterocycles. The molecule has 2 N–H and O–H groups in total. The number of nitrogens with zero attached hydrogens (tertiary/aromatic N) is 2. The van der Waals surface area contributed by atoms with E-state index in [0.717, 1.165) is 29.1 Å². The number of rotatable bonds is 2. The minimum absolute atomic E-state index is 0.0357. The molecule has 1 heterocycles. The molecule has 0 radical (unpaired) electrons. The molecule has 3 nitrogen and oxygen atoms in total. The van der Waals surface area contributed by atoms with Crippen molar-refractivity contribution in [3.05, 3.63) is 23.0 Å². The second-order valence-corrected chi connectivity index (χ2v) is 4.96. The summed E-state index contributed by atoms with van der Waals surface area (Å²) in [7, 11) is 1.73. The van der Waals surface area contributed by atoms with Crippen molar-refractivity contribution in [2.24, 2.45) is 4.99 Å². The molecule has 0 aromatic carbocycles. The van der Waals surface area contributed by atoms with E-state index in [4.69, 9.17) is 5.73 Å². The van der Waals surface area contributed by atoms with E-state index in [0.29, 0.717) is 0 Å². The Morgan fingerprint density at radius 3 is 2.50 bits per heavy atom. The van der Waals surface area contributed by atoms with Crippen molar-refractivity contribution in [2.75, 3.05) is 12.8 Å². The first-order valence-corrected chi connectivity index (χ1v) is 5.62. The Morgan fingerprint density at radius 1 is 1.44 bits per heavy atom. The van der Waals surface area contributed by atoms with Crippen LogP contribution in [0.2, 0.25) is 0 Å². The Balaban J connectivity index is 3.40. The summed E-state index contributed by atoms with van der Waals surface area (Å²) in [6, 6.07) is 2.10. The summed E-state index contributed by atoms with van der Waals surface area (Å²) in [4.78, 5) is 8.57. The molecular formula is C13H21N3. The molecule has 0 saturated carbocycles. The summed E-state index contributed by atoms with van der Waals surface area (Å²) < 4.78 is 0. The number of aromatic nitrogens is 1. The third-order valence-electron chi connectivity index (χ3n) is 2.57. The average molecular weight is 219 g/mol. The van der Waals surface area contributed by atoms with Gasteiger partial charge in [0.15, 0.2) is 0 Å². The highest BCUT2D eigenvalue weighted by Crippen LogP contribution is 2.25. The second-order valence-electron chi connectivity index (χ2n) is 4.96. The molecule has 0 atom stereocenters. The molecule has 0 unspecified atom stereocenters. The van der Waals surface area contributed by atoms with Crippen LogP contribution in [0.25, 0.3) is 0 Å². The summed E-state index contributed by atoms with van der Waals surface area (Å²) >= 11 is 0. The maximum atomic E-state index is 6.04. The lowest BCUT2D eigenvalue weighted by Gasteiger charge is -2.20. The van der Waals surface area contributed by atoms with Crippen molar-refractivity contribution in [1.29, 1.82) is 0 Å². The van der Waals surface area contributed by atoms with Crippen molar-refractivity contribution in [3.63, 3.8) is 0 Å². The smallest absolute Gasteiger partial charge is 0.104 e. The molecule has 1 aromatic rings. The highest BCUT2D eigenvalue weighted by Gasteiger charge is 2.18. The van der Waals surface area contributed by atoms with Crippen LogP contribution in [0.1, 0.15) is 44.6 Å². The van der Waals surface area contributed by atoms with Crippen LogP contribution in [0.3, 0.4) is 0 Å². The number of aliphatic imine (C=N–C) groups is 1. The number of hydrogen-bond donors (Lipinski definition) is 1. The predicted molar refractivity (Wildman–Crippen MR) is 70.2 cm³/mol. The van der Waals surface area contributed by atoms with Crippen molar-refractivity contribution < 1.29 is 0 Å². The molecule has 0 aliphatic heterocycles. The minimum atomic E-state index is 0.0357. The van der Waals surface area contributed by atoms with Gasteiger partial charge in [0.2, 0.25) is 0 Å². The van der Waals surface area contributed by atoms with E-state index in [1.54, 1.807) is 13.3 Å². The lowest BCUT2D eigenvalue weighted by atomic mass is 9.90. The van der Waals surface area contributed by atoms with Gasteiger partial charge in [-0.15, -0.1) is 0 Å². The summed E-state index contributed by atoms with van der Waals surface area (Å²) in [5.41, 5.74) is 9.82. The van der Waals surface area contributed by atoms with Crippen LogP contribution in [-0.2, 0) is 11.8 Å². The Hall–Kier alpha value is -1.38. The highest BCUT2D eigenvalue weighted by molar-refractivity contribution is 5.85. The van der Waals surface area contributed by atoms with E-state index < -0.39 is 0 Å². The zero-order valence-corrected chi connectivity index (χ0v) is 10.8. The van der Waals surface area contributed by atoms with E-state index in [9.17, 15) is 0 Å².